The lowest BCUT2D eigenvalue weighted by Crippen LogP contribution is -2.19. The molecule has 0 unspecified atom stereocenters. The zero-order valence-electron chi connectivity index (χ0n) is 3.99. The Kier molecular flexibility index (Phi) is 2.46. The third-order valence-corrected chi connectivity index (χ3v) is 0.348. The minimum absolute atomic E-state index is 0.225. The summed E-state index contributed by atoms with van der Waals surface area (Å²) in [5, 5.41) is 2.40. The molecule has 0 aromatic heterocycles. The second-order valence-corrected chi connectivity index (χ2v) is 1.40. The van der Waals surface area contributed by atoms with Gasteiger partial charge in [-0.3, -0.25) is 4.79 Å². The maximum absolute atomic E-state index is 9.38. The van der Waals surface area contributed by atoms with Gasteiger partial charge in [-0.15, -0.1) is 0 Å². The Hall–Kier alpha value is -0.530. The molecule has 6 heavy (non-hydrogen) atoms. The van der Waals surface area contributed by atoms with Gasteiger partial charge in [-0.05, 0) is 13.8 Å². The molecule has 0 spiro atoms. The van der Waals surface area contributed by atoms with E-state index in [1.54, 1.807) is 6.41 Å². The topological polar surface area (TPSA) is 29.1 Å². The molecule has 0 aliphatic heterocycles. The van der Waals surface area contributed by atoms with Gasteiger partial charge in [0.25, 0.3) is 0 Å². The summed E-state index contributed by atoms with van der Waals surface area (Å²) in [6.45, 7) is 3.76. The average Bonchev–Trinajstić information content (AvgIpc) is 1.35. The molecule has 0 aromatic carbocycles. The van der Waals surface area contributed by atoms with Gasteiger partial charge in [0, 0.05) is 6.04 Å². The second kappa shape index (κ2) is 2.69. The van der Waals surface area contributed by atoms with E-state index in [2.05, 4.69) is 5.32 Å². The van der Waals surface area contributed by atoms with E-state index in [0.717, 1.165) is 0 Å². The fourth-order valence-electron chi connectivity index (χ4n) is 0.118. The Bertz CT molecular complexity index is 42.8. The summed E-state index contributed by atoms with van der Waals surface area (Å²) < 4.78 is 0. The smallest absolute Gasteiger partial charge is 0.309 e. The molecule has 0 fully saturated rings. The van der Waals surface area contributed by atoms with Crippen molar-refractivity contribution in [1.82, 2.24) is 5.32 Å². The maximum Gasteiger partial charge on any atom is 0.309 e. The van der Waals surface area contributed by atoms with Crippen LogP contribution in [0, 0.1) is 0 Å². The first kappa shape index (κ1) is 5.47. The standard InChI is InChI=1S/C4H8NO/c1-4(2)5-3-6/h4H,1-2H3,(H,5,6). The van der Waals surface area contributed by atoms with Crippen molar-refractivity contribution >= 4 is 6.41 Å². The Morgan fingerprint density at radius 3 is 2.17 bits per heavy atom. The van der Waals surface area contributed by atoms with Crippen LogP contribution in [0.25, 0.3) is 0 Å². The summed E-state index contributed by atoms with van der Waals surface area (Å²) in [4.78, 5) is 9.38. The van der Waals surface area contributed by atoms with Crippen molar-refractivity contribution < 1.29 is 4.79 Å². The number of amides is 1. The summed E-state index contributed by atoms with van der Waals surface area (Å²) in [5.74, 6) is 0. The van der Waals surface area contributed by atoms with Crippen molar-refractivity contribution in [1.29, 1.82) is 0 Å². The van der Waals surface area contributed by atoms with Crippen LogP contribution in [0.2, 0.25) is 0 Å². The van der Waals surface area contributed by atoms with Crippen LogP contribution in [0.3, 0.4) is 0 Å². The predicted octanol–water partition coefficient (Wildman–Crippen LogP) is 0.0516. The first-order chi connectivity index (χ1) is 2.77. The highest BCUT2D eigenvalue weighted by molar-refractivity contribution is 5.47. The highest BCUT2D eigenvalue weighted by Crippen LogP contribution is 1.67. The van der Waals surface area contributed by atoms with Crippen LogP contribution < -0.4 is 5.32 Å². The van der Waals surface area contributed by atoms with Crippen molar-refractivity contribution in [2.24, 2.45) is 0 Å². The molecule has 35 valence electrons. The summed E-state index contributed by atoms with van der Waals surface area (Å²) >= 11 is 0. The Morgan fingerprint density at radius 2 is 2.17 bits per heavy atom. The van der Waals surface area contributed by atoms with Crippen LogP contribution in [0.1, 0.15) is 13.8 Å². The lowest BCUT2D eigenvalue weighted by atomic mass is 10.4. The molecule has 0 heterocycles. The SMILES string of the molecule is CC(C)N[C]=O. The molecule has 1 radical (unpaired) electrons. The van der Waals surface area contributed by atoms with Gasteiger partial charge in [-0.2, -0.15) is 0 Å². The number of nitrogens with one attached hydrogen (secondary N) is 1. The molecule has 0 bridgehead atoms. The minimum Gasteiger partial charge on any atom is -0.346 e. The van der Waals surface area contributed by atoms with Crippen LogP contribution in [0.5, 0.6) is 0 Å². The van der Waals surface area contributed by atoms with Crippen LogP contribution >= 0.6 is 0 Å². The summed E-state index contributed by atoms with van der Waals surface area (Å²) in [5.41, 5.74) is 0. The minimum atomic E-state index is 0.225. The average molecular weight is 86.1 g/mol. The third-order valence-electron chi connectivity index (χ3n) is 0.348. The van der Waals surface area contributed by atoms with E-state index in [-0.39, 0.29) is 6.04 Å². The summed E-state index contributed by atoms with van der Waals surface area (Å²) in [6.07, 6.45) is 1.57. The van der Waals surface area contributed by atoms with Gasteiger partial charge in [0.15, 0.2) is 0 Å². The monoisotopic (exact) mass is 86.1 g/mol. The molecular formula is C4H8NO. The van der Waals surface area contributed by atoms with Gasteiger partial charge in [0.05, 0.1) is 0 Å². The van der Waals surface area contributed by atoms with Crippen LogP contribution in [-0.2, 0) is 4.79 Å². The van der Waals surface area contributed by atoms with Crippen LogP contribution in [0.4, 0.5) is 0 Å². The first-order valence-corrected chi connectivity index (χ1v) is 1.90. The molecule has 0 saturated heterocycles. The zero-order chi connectivity index (χ0) is 4.99. The van der Waals surface area contributed by atoms with Crippen LogP contribution in [-0.4, -0.2) is 12.5 Å². The Morgan fingerprint density at radius 1 is 1.67 bits per heavy atom. The van der Waals surface area contributed by atoms with E-state index in [0.29, 0.717) is 0 Å². The molecule has 0 rings (SSSR count). The number of hydrogen-bond acceptors (Lipinski definition) is 1. The number of hydrogen-bond donors (Lipinski definition) is 1. The highest BCUT2D eigenvalue weighted by atomic mass is 16.1. The van der Waals surface area contributed by atoms with Gasteiger partial charge in [0.2, 0.25) is 0 Å². The largest absolute Gasteiger partial charge is 0.346 e. The van der Waals surface area contributed by atoms with E-state index in [4.69, 9.17) is 0 Å². The molecule has 2 heteroatoms. The van der Waals surface area contributed by atoms with E-state index in [9.17, 15) is 4.79 Å². The fourth-order valence-corrected chi connectivity index (χ4v) is 0.118. The molecule has 0 atom stereocenters. The highest BCUT2D eigenvalue weighted by Gasteiger charge is 1.82. The molecule has 0 aliphatic carbocycles. The normalized spacial score (nSPS) is 8.50. The summed E-state index contributed by atoms with van der Waals surface area (Å²) in [6, 6.07) is 0.225. The van der Waals surface area contributed by atoms with E-state index >= 15 is 0 Å². The van der Waals surface area contributed by atoms with Gasteiger partial charge in [-0.25, -0.2) is 0 Å². The maximum atomic E-state index is 9.38. The Labute approximate surface area is 37.5 Å². The molecule has 1 N–H and O–H groups in total. The summed E-state index contributed by atoms with van der Waals surface area (Å²) in [7, 11) is 0. The third kappa shape index (κ3) is 3.47. The molecule has 2 nitrogen and oxygen atoms in total. The predicted molar refractivity (Wildman–Crippen MR) is 24.0 cm³/mol. The zero-order valence-corrected chi connectivity index (χ0v) is 3.99. The molecule has 1 amide bonds. The molecular weight excluding hydrogens is 78.0 g/mol. The molecule has 0 aromatic rings. The van der Waals surface area contributed by atoms with Crippen molar-refractivity contribution in [3.63, 3.8) is 0 Å². The van der Waals surface area contributed by atoms with Crippen molar-refractivity contribution in [2.75, 3.05) is 0 Å². The Balaban J connectivity index is 2.81. The van der Waals surface area contributed by atoms with Crippen LogP contribution in [0.15, 0.2) is 0 Å². The van der Waals surface area contributed by atoms with Gasteiger partial charge >= 0.3 is 6.41 Å². The lowest BCUT2D eigenvalue weighted by molar-refractivity contribution is 0.532. The molecule has 0 aliphatic rings. The number of carbonyl (C=O) groups excluding carboxylic acids is 1. The van der Waals surface area contributed by atoms with Gasteiger partial charge in [-0.1, -0.05) is 0 Å². The number of rotatable bonds is 2. The van der Waals surface area contributed by atoms with Crippen molar-refractivity contribution in [3.05, 3.63) is 0 Å². The second-order valence-electron chi connectivity index (χ2n) is 1.40. The van der Waals surface area contributed by atoms with E-state index in [1.165, 1.54) is 0 Å². The quantitative estimate of drug-likeness (QED) is 0.473. The van der Waals surface area contributed by atoms with Gasteiger partial charge in [0.1, 0.15) is 0 Å². The fraction of sp³-hybridized carbons (Fsp3) is 0.750. The van der Waals surface area contributed by atoms with E-state index in [1.807, 2.05) is 13.8 Å². The van der Waals surface area contributed by atoms with Crippen molar-refractivity contribution in [3.8, 4) is 0 Å². The van der Waals surface area contributed by atoms with Crippen molar-refractivity contribution in [2.45, 2.75) is 19.9 Å². The van der Waals surface area contributed by atoms with Gasteiger partial charge < -0.3 is 5.32 Å². The van der Waals surface area contributed by atoms with E-state index < -0.39 is 0 Å². The first-order valence-electron chi connectivity index (χ1n) is 1.90. The molecule has 0 saturated carbocycles. The lowest BCUT2D eigenvalue weighted by Gasteiger charge is -1.95.